The standard InChI is InChI=1S/C22H29ClN2O7S/c1-7-25(33(27,28)16-8-9-18(29-3)17(23)12-16)14-21(26)24(2)13-15-10-19(30-4)22(32-6)20(11-15)31-5/h8-12H,7,13-14H2,1-6H3. The average molecular weight is 501 g/mol. The normalized spacial score (nSPS) is 11.3. The average Bonchev–Trinajstić information content (AvgIpc) is 2.81. The van der Waals surface area contributed by atoms with Crippen molar-refractivity contribution in [2.75, 3.05) is 48.6 Å². The molecule has 0 spiro atoms. The van der Waals surface area contributed by atoms with E-state index in [0.717, 1.165) is 9.87 Å². The second-order valence-electron chi connectivity index (χ2n) is 7.01. The highest BCUT2D eigenvalue weighted by atomic mass is 35.5. The highest BCUT2D eigenvalue weighted by Crippen LogP contribution is 2.38. The van der Waals surface area contributed by atoms with E-state index in [1.54, 1.807) is 26.1 Å². The zero-order chi connectivity index (χ0) is 24.8. The summed E-state index contributed by atoms with van der Waals surface area (Å²) in [6.07, 6.45) is 0. The Labute approximate surface area is 199 Å². The van der Waals surface area contributed by atoms with Crippen LogP contribution in [0.1, 0.15) is 12.5 Å². The van der Waals surface area contributed by atoms with Crippen molar-refractivity contribution >= 4 is 27.5 Å². The number of carbonyl (C=O) groups is 1. The van der Waals surface area contributed by atoms with Gasteiger partial charge in [-0.25, -0.2) is 8.42 Å². The smallest absolute Gasteiger partial charge is 0.243 e. The molecular formula is C22H29ClN2O7S. The van der Waals surface area contributed by atoms with E-state index in [1.165, 1.54) is 51.5 Å². The van der Waals surface area contributed by atoms with Gasteiger partial charge in [0.15, 0.2) is 11.5 Å². The van der Waals surface area contributed by atoms with E-state index in [9.17, 15) is 13.2 Å². The molecule has 0 saturated carbocycles. The SMILES string of the molecule is CCN(CC(=O)N(C)Cc1cc(OC)c(OC)c(OC)c1)S(=O)(=O)c1ccc(OC)c(Cl)c1. The first-order valence-electron chi connectivity index (χ1n) is 9.99. The fraction of sp³-hybridized carbons (Fsp3) is 0.409. The molecule has 0 unspecified atom stereocenters. The van der Waals surface area contributed by atoms with Gasteiger partial charge in [0.25, 0.3) is 0 Å². The Morgan fingerprint density at radius 3 is 1.97 bits per heavy atom. The quantitative estimate of drug-likeness (QED) is 0.468. The number of likely N-dealkylation sites (N-methyl/N-ethyl adjacent to an activating group) is 2. The minimum atomic E-state index is -3.94. The first kappa shape index (κ1) is 26.6. The number of hydrogen-bond acceptors (Lipinski definition) is 7. The van der Waals surface area contributed by atoms with Gasteiger partial charge in [-0.1, -0.05) is 18.5 Å². The number of amides is 1. The molecule has 0 aromatic heterocycles. The first-order chi connectivity index (χ1) is 15.6. The molecule has 182 valence electrons. The van der Waals surface area contributed by atoms with E-state index >= 15 is 0 Å². The van der Waals surface area contributed by atoms with Crippen LogP contribution >= 0.6 is 11.6 Å². The molecule has 0 saturated heterocycles. The van der Waals surface area contributed by atoms with Crippen molar-refractivity contribution in [2.45, 2.75) is 18.4 Å². The fourth-order valence-electron chi connectivity index (χ4n) is 3.18. The summed E-state index contributed by atoms with van der Waals surface area (Å²) >= 11 is 6.09. The minimum Gasteiger partial charge on any atom is -0.495 e. The molecule has 0 aliphatic rings. The van der Waals surface area contributed by atoms with E-state index in [-0.39, 0.29) is 35.5 Å². The number of carbonyl (C=O) groups excluding carboxylic acids is 1. The summed E-state index contributed by atoms with van der Waals surface area (Å²) in [5.41, 5.74) is 0.730. The Bertz CT molecular complexity index is 1070. The lowest BCUT2D eigenvalue weighted by Gasteiger charge is -2.24. The van der Waals surface area contributed by atoms with Crippen LogP contribution in [0.4, 0.5) is 0 Å². The Hall–Kier alpha value is -2.69. The number of methoxy groups -OCH3 is 4. The molecule has 11 heteroatoms. The van der Waals surface area contributed by atoms with E-state index in [2.05, 4.69) is 0 Å². The molecule has 0 aliphatic carbocycles. The highest BCUT2D eigenvalue weighted by molar-refractivity contribution is 7.89. The molecule has 2 rings (SSSR count). The van der Waals surface area contributed by atoms with Crippen LogP contribution in [0, 0.1) is 0 Å². The van der Waals surface area contributed by atoms with Gasteiger partial charge in [0.05, 0.1) is 44.9 Å². The van der Waals surface area contributed by atoms with Crippen LogP contribution in [0.25, 0.3) is 0 Å². The van der Waals surface area contributed by atoms with Crippen LogP contribution in [-0.4, -0.2) is 72.1 Å². The molecule has 2 aromatic carbocycles. The molecule has 0 atom stereocenters. The zero-order valence-electron chi connectivity index (χ0n) is 19.5. The molecule has 0 fully saturated rings. The van der Waals surface area contributed by atoms with Crippen LogP contribution in [0.2, 0.25) is 5.02 Å². The maximum absolute atomic E-state index is 13.1. The van der Waals surface area contributed by atoms with Crippen molar-refractivity contribution in [1.82, 2.24) is 9.21 Å². The van der Waals surface area contributed by atoms with Crippen LogP contribution in [-0.2, 0) is 21.4 Å². The van der Waals surface area contributed by atoms with Gasteiger partial charge in [-0.15, -0.1) is 0 Å². The topological polar surface area (TPSA) is 94.6 Å². The number of hydrogen-bond donors (Lipinski definition) is 0. The molecule has 0 radical (unpaired) electrons. The third-order valence-corrected chi connectivity index (χ3v) is 7.21. The summed E-state index contributed by atoms with van der Waals surface area (Å²) in [7, 11) is 3.61. The lowest BCUT2D eigenvalue weighted by atomic mass is 10.1. The van der Waals surface area contributed by atoms with Gasteiger partial charge < -0.3 is 23.8 Å². The molecule has 0 bridgehead atoms. The molecule has 0 N–H and O–H groups in total. The van der Waals surface area contributed by atoms with Crippen molar-refractivity contribution in [3.8, 4) is 23.0 Å². The number of benzene rings is 2. The predicted octanol–water partition coefficient (Wildman–Crippen LogP) is 3.04. The number of rotatable bonds is 11. The van der Waals surface area contributed by atoms with Gasteiger partial charge in [0, 0.05) is 20.1 Å². The fourth-order valence-corrected chi connectivity index (χ4v) is 4.93. The molecule has 1 amide bonds. The van der Waals surface area contributed by atoms with Crippen LogP contribution in [0.5, 0.6) is 23.0 Å². The summed E-state index contributed by atoms with van der Waals surface area (Å²) in [5, 5.41) is 0.167. The van der Waals surface area contributed by atoms with Gasteiger partial charge in [-0.2, -0.15) is 4.31 Å². The second-order valence-corrected chi connectivity index (χ2v) is 9.36. The van der Waals surface area contributed by atoms with Crippen LogP contribution < -0.4 is 18.9 Å². The largest absolute Gasteiger partial charge is 0.495 e. The third-order valence-electron chi connectivity index (χ3n) is 5.00. The monoisotopic (exact) mass is 500 g/mol. The molecule has 0 aliphatic heterocycles. The van der Waals surface area contributed by atoms with Gasteiger partial charge in [0.1, 0.15) is 5.75 Å². The van der Waals surface area contributed by atoms with Gasteiger partial charge in [-0.05, 0) is 35.9 Å². The molecule has 33 heavy (non-hydrogen) atoms. The molecular weight excluding hydrogens is 472 g/mol. The number of ether oxygens (including phenoxy) is 4. The highest BCUT2D eigenvalue weighted by Gasteiger charge is 2.27. The summed E-state index contributed by atoms with van der Waals surface area (Å²) in [6, 6.07) is 7.65. The minimum absolute atomic E-state index is 0.0183. The summed E-state index contributed by atoms with van der Waals surface area (Å²) in [4.78, 5) is 14.3. The summed E-state index contributed by atoms with van der Waals surface area (Å²) in [5.74, 6) is 1.34. The number of halogens is 1. The van der Waals surface area contributed by atoms with Crippen LogP contribution in [0.15, 0.2) is 35.2 Å². The van der Waals surface area contributed by atoms with Gasteiger partial charge >= 0.3 is 0 Å². The second kappa shape index (κ2) is 11.4. The Kier molecular flexibility index (Phi) is 9.21. The number of nitrogens with zero attached hydrogens (tertiary/aromatic N) is 2. The van der Waals surface area contributed by atoms with E-state index < -0.39 is 10.0 Å². The molecule has 2 aromatic rings. The van der Waals surface area contributed by atoms with E-state index in [0.29, 0.717) is 23.0 Å². The maximum atomic E-state index is 13.1. The van der Waals surface area contributed by atoms with Gasteiger partial charge in [-0.3, -0.25) is 4.79 Å². The Balaban J connectivity index is 2.21. The lowest BCUT2D eigenvalue weighted by Crippen LogP contribution is -2.41. The molecule has 0 heterocycles. The predicted molar refractivity (Wildman–Crippen MR) is 125 cm³/mol. The third kappa shape index (κ3) is 6.01. The van der Waals surface area contributed by atoms with E-state index in [4.69, 9.17) is 30.5 Å². The van der Waals surface area contributed by atoms with Crippen molar-refractivity contribution in [3.05, 3.63) is 40.9 Å². The van der Waals surface area contributed by atoms with Crippen molar-refractivity contribution in [2.24, 2.45) is 0 Å². The van der Waals surface area contributed by atoms with Crippen molar-refractivity contribution in [1.29, 1.82) is 0 Å². The first-order valence-corrected chi connectivity index (χ1v) is 11.8. The summed E-state index contributed by atoms with van der Waals surface area (Å²) < 4.78 is 48.3. The maximum Gasteiger partial charge on any atom is 0.243 e. The Morgan fingerprint density at radius 2 is 1.52 bits per heavy atom. The van der Waals surface area contributed by atoms with Crippen LogP contribution in [0.3, 0.4) is 0 Å². The number of sulfonamides is 1. The van der Waals surface area contributed by atoms with Crippen molar-refractivity contribution in [3.63, 3.8) is 0 Å². The van der Waals surface area contributed by atoms with Crippen molar-refractivity contribution < 1.29 is 32.2 Å². The lowest BCUT2D eigenvalue weighted by molar-refractivity contribution is -0.130. The summed E-state index contributed by atoms with van der Waals surface area (Å²) in [6.45, 7) is 1.65. The van der Waals surface area contributed by atoms with Gasteiger partial charge in [0.2, 0.25) is 21.7 Å². The Morgan fingerprint density at radius 1 is 0.939 bits per heavy atom. The van der Waals surface area contributed by atoms with E-state index in [1.807, 2.05) is 0 Å². The molecule has 9 nitrogen and oxygen atoms in total. The zero-order valence-corrected chi connectivity index (χ0v) is 21.1.